The average Bonchev–Trinajstić information content (AvgIpc) is 2.55. The smallest absolute Gasteiger partial charge is 0.227 e. The zero-order chi connectivity index (χ0) is 17.6. The van der Waals surface area contributed by atoms with E-state index in [-0.39, 0.29) is 31.2 Å². The number of nitrogens with zero attached hydrogens (tertiary/aromatic N) is 1. The molecular formula is C18H26N2O4. The molecule has 0 bridgehead atoms. The Kier molecular flexibility index (Phi) is 6.34. The molecule has 132 valence electrons. The molecule has 1 atom stereocenters. The Morgan fingerprint density at radius 1 is 1.38 bits per heavy atom. The number of β-amino-alcohol motifs (C(OH)–C–C–N with tert-alkyl or cyclic N) is 1. The van der Waals surface area contributed by atoms with E-state index < -0.39 is 5.60 Å². The van der Waals surface area contributed by atoms with E-state index in [2.05, 4.69) is 5.32 Å². The van der Waals surface area contributed by atoms with E-state index >= 15 is 0 Å². The van der Waals surface area contributed by atoms with Crippen molar-refractivity contribution in [1.82, 2.24) is 10.2 Å². The van der Waals surface area contributed by atoms with Crippen molar-refractivity contribution in [3.63, 3.8) is 0 Å². The lowest BCUT2D eigenvalue weighted by Gasteiger charge is -2.39. The first-order chi connectivity index (χ1) is 11.5. The third kappa shape index (κ3) is 5.04. The summed E-state index contributed by atoms with van der Waals surface area (Å²) < 4.78 is 5.11. The fourth-order valence-electron chi connectivity index (χ4n) is 3.14. The number of hydrogen-bond acceptors (Lipinski definition) is 4. The predicted molar refractivity (Wildman–Crippen MR) is 90.3 cm³/mol. The van der Waals surface area contributed by atoms with Gasteiger partial charge in [-0.2, -0.15) is 0 Å². The van der Waals surface area contributed by atoms with Gasteiger partial charge in [0.15, 0.2) is 0 Å². The van der Waals surface area contributed by atoms with E-state index in [4.69, 9.17) is 4.74 Å². The summed E-state index contributed by atoms with van der Waals surface area (Å²) in [6, 6.07) is 7.75. The van der Waals surface area contributed by atoms with Crippen LogP contribution in [-0.2, 0) is 27.4 Å². The molecule has 0 aromatic heterocycles. The van der Waals surface area contributed by atoms with Crippen molar-refractivity contribution in [3.05, 3.63) is 35.4 Å². The first-order valence-electron chi connectivity index (χ1n) is 8.23. The number of carbonyl (C=O) groups excluding carboxylic acids is 2. The van der Waals surface area contributed by atoms with Gasteiger partial charge in [0.2, 0.25) is 11.8 Å². The van der Waals surface area contributed by atoms with Gasteiger partial charge in [0.25, 0.3) is 0 Å². The van der Waals surface area contributed by atoms with Gasteiger partial charge in [-0.25, -0.2) is 0 Å². The second-order valence-corrected chi connectivity index (χ2v) is 6.42. The molecule has 1 aromatic carbocycles. The van der Waals surface area contributed by atoms with Crippen molar-refractivity contribution < 1.29 is 19.4 Å². The molecule has 6 nitrogen and oxygen atoms in total. The van der Waals surface area contributed by atoms with E-state index in [1.54, 1.807) is 19.1 Å². The van der Waals surface area contributed by atoms with Crippen LogP contribution in [0, 0.1) is 0 Å². The molecular weight excluding hydrogens is 308 g/mol. The molecule has 1 aliphatic rings. The van der Waals surface area contributed by atoms with Gasteiger partial charge in [-0.3, -0.25) is 9.59 Å². The molecule has 1 unspecified atom stereocenters. The Morgan fingerprint density at radius 2 is 2.12 bits per heavy atom. The highest BCUT2D eigenvalue weighted by Crippen LogP contribution is 2.25. The number of piperidine rings is 1. The van der Waals surface area contributed by atoms with E-state index in [0.717, 1.165) is 11.1 Å². The quantitative estimate of drug-likeness (QED) is 0.809. The van der Waals surface area contributed by atoms with Gasteiger partial charge in [-0.15, -0.1) is 0 Å². The molecule has 1 aromatic rings. The normalized spacial score (nSPS) is 20.7. The molecule has 1 heterocycles. The standard InChI is InChI=1S/C18H26N2O4/c1-19-16(21)11-18(23)7-4-8-20(13-18)17(22)10-14-5-3-6-15(9-14)12-24-2/h3,5-6,9,23H,4,7-8,10-13H2,1-2H3,(H,19,21). The summed E-state index contributed by atoms with van der Waals surface area (Å²) in [6.45, 7) is 1.33. The summed E-state index contributed by atoms with van der Waals surface area (Å²) in [4.78, 5) is 25.8. The largest absolute Gasteiger partial charge is 0.388 e. The number of ether oxygens (including phenoxy) is 1. The SMILES string of the molecule is CNC(=O)CC1(O)CCCN(C(=O)Cc2cccc(COC)c2)C1. The topological polar surface area (TPSA) is 78.9 Å². The molecule has 1 aliphatic heterocycles. The van der Waals surface area contributed by atoms with E-state index in [9.17, 15) is 14.7 Å². The van der Waals surface area contributed by atoms with Crippen molar-refractivity contribution >= 4 is 11.8 Å². The lowest BCUT2D eigenvalue weighted by Crippen LogP contribution is -2.52. The molecule has 0 aliphatic carbocycles. The number of aliphatic hydroxyl groups is 1. The molecule has 6 heteroatoms. The van der Waals surface area contributed by atoms with Gasteiger partial charge in [0.05, 0.1) is 25.0 Å². The van der Waals surface area contributed by atoms with Crippen LogP contribution in [0.4, 0.5) is 0 Å². The molecule has 0 spiro atoms. The lowest BCUT2D eigenvalue weighted by molar-refractivity contribution is -0.141. The van der Waals surface area contributed by atoms with Crippen LogP contribution in [0.25, 0.3) is 0 Å². The second-order valence-electron chi connectivity index (χ2n) is 6.42. The number of rotatable bonds is 6. The van der Waals surface area contributed by atoms with Crippen LogP contribution in [0.1, 0.15) is 30.4 Å². The number of methoxy groups -OCH3 is 1. The highest BCUT2D eigenvalue weighted by atomic mass is 16.5. The molecule has 0 radical (unpaired) electrons. The van der Waals surface area contributed by atoms with Crippen LogP contribution in [-0.4, -0.2) is 54.7 Å². The Labute approximate surface area is 142 Å². The van der Waals surface area contributed by atoms with Crippen molar-refractivity contribution in [1.29, 1.82) is 0 Å². The summed E-state index contributed by atoms with van der Waals surface area (Å²) in [5, 5.41) is 13.1. The maximum absolute atomic E-state index is 12.6. The Morgan fingerprint density at radius 3 is 2.83 bits per heavy atom. The lowest BCUT2D eigenvalue weighted by atomic mass is 9.89. The van der Waals surface area contributed by atoms with E-state index in [1.807, 2.05) is 24.3 Å². The summed E-state index contributed by atoms with van der Waals surface area (Å²) in [6.07, 6.45) is 1.54. The van der Waals surface area contributed by atoms with Crippen LogP contribution in [0.2, 0.25) is 0 Å². The number of nitrogens with one attached hydrogen (secondary N) is 1. The third-order valence-electron chi connectivity index (χ3n) is 4.33. The fourth-order valence-corrected chi connectivity index (χ4v) is 3.14. The van der Waals surface area contributed by atoms with Crippen LogP contribution in [0.5, 0.6) is 0 Å². The number of hydrogen-bond donors (Lipinski definition) is 2. The fraction of sp³-hybridized carbons (Fsp3) is 0.556. The first-order valence-corrected chi connectivity index (χ1v) is 8.23. The van der Waals surface area contributed by atoms with E-state index in [0.29, 0.717) is 26.0 Å². The maximum Gasteiger partial charge on any atom is 0.227 e. The monoisotopic (exact) mass is 334 g/mol. The molecule has 24 heavy (non-hydrogen) atoms. The summed E-state index contributed by atoms with van der Waals surface area (Å²) in [7, 11) is 3.18. The third-order valence-corrected chi connectivity index (χ3v) is 4.33. The highest BCUT2D eigenvalue weighted by Gasteiger charge is 2.36. The van der Waals surface area contributed by atoms with Crippen molar-refractivity contribution in [2.45, 2.75) is 37.9 Å². The van der Waals surface area contributed by atoms with Crippen molar-refractivity contribution in [2.75, 3.05) is 27.2 Å². The highest BCUT2D eigenvalue weighted by molar-refractivity contribution is 5.80. The van der Waals surface area contributed by atoms with E-state index in [1.165, 1.54) is 0 Å². The van der Waals surface area contributed by atoms with Crippen LogP contribution >= 0.6 is 0 Å². The van der Waals surface area contributed by atoms with Gasteiger partial charge in [-0.05, 0) is 24.0 Å². The molecule has 1 saturated heterocycles. The second kappa shape index (κ2) is 8.26. The Hall–Kier alpha value is -1.92. The first kappa shape index (κ1) is 18.4. The molecule has 1 fully saturated rings. The Bertz CT molecular complexity index is 590. The summed E-state index contributed by atoms with van der Waals surface area (Å²) in [5.74, 6) is -0.237. The maximum atomic E-state index is 12.6. The van der Waals surface area contributed by atoms with Crippen molar-refractivity contribution in [2.24, 2.45) is 0 Å². The summed E-state index contributed by atoms with van der Waals surface area (Å²) >= 11 is 0. The van der Waals surface area contributed by atoms with Gasteiger partial charge in [0, 0.05) is 27.2 Å². The van der Waals surface area contributed by atoms with Crippen LogP contribution in [0.15, 0.2) is 24.3 Å². The molecule has 2 rings (SSSR count). The summed E-state index contributed by atoms with van der Waals surface area (Å²) in [5.41, 5.74) is 0.818. The minimum Gasteiger partial charge on any atom is -0.388 e. The number of likely N-dealkylation sites (tertiary alicyclic amines) is 1. The number of amides is 2. The van der Waals surface area contributed by atoms with Crippen LogP contribution in [0.3, 0.4) is 0 Å². The van der Waals surface area contributed by atoms with Gasteiger partial charge >= 0.3 is 0 Å². The minimum atomic E-state index is -1.13. The minimum absolute atomic E-state index is 0.0244. The van der Waals surface area contributed by atoms with Gasteiger partial charge in [-0.1, -0.05) is 24.3 Å². The zero-order valence-corrected chi connectivity index (χ0v) is 14.4. The molecule has 2 amide bonds. The molecule has 2 N–H and O–H groups in total. The molecule has 0 saturated carbocycles. The average molecular weight is 334 g/mol. The zero-order valence-electron chi connectivity index (χ0n) is 14.4. The van der Waals surface area contributed by atoms with Crippen molar-refractivity contribution in [3.8, 4) is 0 Å². The number of benzene rings is 1. The predicted octanol–water partition coefficient (Wildman–Crippen LogP) is 0.865. The van der Waals surface area contributed by atoms with Gasteiger partial charge < -0.3 is 20.1 Å². The van der Waals surface area contributed by atoms with Crippen LogP contribution < -0.4 is 5.32 Å². The Balaban J connectivity index is 1.99. The van der Waals surface area contributed by atoms with Gasteiger partial charge in [0.1, 0.15) is 0 Å². The number of carbonyl (C=O) groups is 2.